The van der Waals surface area contributed by atoms with Crippen LogP contribution >= 0.6 is 0 Å². The maximum absolute atomic E-state index is 10.3. The van der Waals surface area contributed by atoms with Gasteiger partial charge in [0.15, 0.2) is 0 Å². The van der Waals surface area contributed by atoms with E-state index in [1.54, 1.807) is 6.92 Å². The van der Waals surface area contributed by atoms with Gasteiger partial charge in [-0.15, -0.1) is 0 Å². The Bertz CT molecular complexity index is 373. The van der Waals surface area contributed by atoms with Crippen LogP contribution in [0.5, 0.6) is 0 Å². The Morgan fingerprint density at radius 3 is 2.27 bits per heavy atom. The molecular weight excluding hydrogens is 292 g/mol. The van der Waals surface area contributed by atoms with Crippen molar-refractivity contribution in [3.63, 3.8) is 0 Å². The summed E-state index contributed by atoms with van der Waals surface area (Å²) in [6, 6.07) is 0. The second-order valence-corrected chi connectivity index (χ2v) is 5.68. The number of ether oxygens (including phenoxy) is 3. The van der Waals surface area contributed by atoms with Crippen molar-refractivity contribution in [2.45, 2.75) is 63.0 Å². The molecule has 0 amide bonds. The smallest absolute Gasteiger partial charge is 0.148 e. The number of hydrogen-bond acceptors (Lipinski definition) is 7. The van der Waals surface area contributed by atoms with Crippen LogP contribution in [0.4, 0.5) is 0 Å². The van der Waals surface area contributed by atoms with Gasteiger partial charge in [-0.05, 0) is 13.8 Å². The lowest BCUT2D eigenvalue weighted by Gasteiger charge is -2.12. The highest BCUT2D eigenvalue weighted by Crippen LogP contribution is 2.23. The van der Waals surface area contributed by atoms with E-state index in [1.807, 2.05) is 6.92 Å². The molecule has 7 atom stereocenters. The zero-order valence-electron chi connectivity index (χ0n) is 13.2. The van der Waals surface area contributed by atoms with E-state index in [-0.39, 0.29) is 18.3 Å². The highest BCUT2D eigenvalue weighted by molar-refractivity contribution is 5.73. The van der Waals surface area contributed by atoms with E-state index >= 15 is 0 Å². The van der Waals surface area contributed by atoms with Crippen molar-refractivity contribution in [2.24, 2.45) is 0 Å². The predicted octanol–water partition coefficient (Wildman–Crippen LogP) is -0.578. The zero-order valence-corrected chi connectivity index (χ0v) is 13.2. The van der Waals surface area contributed by atoms with Crippen LogP contribution in [-0.2, 0) is 19.0 Å². The molecule has 2 saturated heterocycles. The Morgan fingerprint density at radius 2 is 1.91 bits per heavy atom. The molecule has 7 heteroatoms. The van der Waals surface area contributed by atoms with Crippen LogP contribution in [0.25, 0.3) is 0 Å². The van der Waals surface area contributed by atoms with Gasteiger partial charge in [-0.2, -0.15) is 0 Å². The third-order valence-electron chi connectivity index (χ3n) is 3.75. The minimum Gasteiger partial charge on any atom is -0.390 e. The molecule has 7 nitrogen and oxygen atoms in total. The van der Waals surface area contributed by atoms with Gasteiger partial charge in [-0.1, -0.05) is 6.58 Å². The number of rotatable bonds is 4. The lowest BCUT2D eigenvalue weighted by molar-refractivity contribution is -0.106. The first-order chi connectivity index (χ1) is 10.3. The number of hydrogen-bond donors (Lipinski definition) is 3. The van der Waals surface area contributed by atoms with E-state index in [9.17, 15) is 20.1 Å². The Labute approximate surface area is 130 Å². The van der Waals surface area contributed by atoms with Crippen molar-refractivity contribution in [3.05, 3.63) is 12.2 Å². The molecule has 2 aliphatic rings. The number of carbonyl (C=O) groups is 1. The van der Waals surface area contributed by atoms with Crippen molar-refractivity contribution in [2.75, 3.05) is 13.7 Å². The maximum atomic E-state index is 10.3. The molecule has 2 aliphatic heterocycles. The van der Waals surface area contributed by atoms with Crippen molar-refractivity contribution >= 4 is 6.29 Å². The highest BCUT2D eigenvalue weighted by atomic mass is 16.6. The third kappa shape index (κ3) is 4.84. The van der Waals surface area contributed by atoms with E-state index < -0.39 is 24.4 Å². The first kappa shape index (κ1) is 19.2. The fraction of sp³-hybridized carbons (Fsp3) is 0.800. The first-order valence-electron chi connectivity index (χ1n) is 7.29. The maximum Gasteiger partial charge on any atom is 0.148 e. The second-order valence-electron chi connectivity index (χ2n) is 5.68. The molecule has 0 saturated carbocycles. The van der Waals surface area contributed by atoms with Crippen LogP contribution in [0.2, 0.25) is 0 Å². The summed E-state index contributed by atoms with van der Waals surface area (Å²) in [5.74, 6) is 0. The van der Waals surface area contributed by atoms with Crippen LogP contribution < -0.4 is 0 Å². The van der Waals surface area contributed by atoms with Crippen molar-refractivity contribution in [3.8, 4) is 0 Å². The molecule has 3 N–H and O–H groups in total. The fourth-order valence-electron chi connectivity index (χ4n) is 2.50. The molecule has 0 aromatic heterocycles. The molecule has 2 heterocycles. The largest absolute Gasteiger partial charge is 0.390 e. The molecule has 0 aromatic carbocycles. The van der Waals surface area contributed by atoms with E-state index in [4.69, 9.17) is 14.2 Å². The van der Waals surface area contributed by atoms with Gasteiger partial charge >= 0.3 is 0 Å². The summed E-state index contributed by atoms with van der Waals surface area (Å²) in [6.45, 7) is 7.40. The molecule has 3 unspecified atom stereocenters. The van der Waals surface area contributed by atoms with Gasteiger partial charge in [-0.25, -0.2) is 0 Å². The Balaban J connectivity index is 0.000000220. The van der Waals surface area contributed by atoms with E-state index in [2.05, 4.69) is 6.58 Å². The SMILES string of the molecule is C=C(C=O)[C@H]1O[C@@H](C)CC1O.COC[C@H]1O[C@@H](C)C(O)C1O. The average molecular weight is 318 g/mol. The minimum absolute atomic E-state index is 0.0201. The topological polar surface area (TPSA) is 105 Å². The van der Waals surface area contributed by atoms with Crippen molar-refractivity contribution < 1.29 is 34.3 Å². The second kappa shape index (κ2) is 8.71. The molecule has 128 valence electrons. The monoisotopic (exact) mass is 318 g/mol. The Hall–Kier alpha value is -0.830. The summed E-state index contributed by atoms with van der Waals surface area (Å²) in [5.41, 5.74) is 0.321. The van der Waals surface area contributed by atoms with Crippen LogP contribution in [0.15, 0.2) is 12.2 Å². The number of aliphatic hydroxyl groups is 3. The molecule has 0 aliphatic carbocycles. The van der Waals surface area contributed by atoms with E-state index in [0.29, 0.717) is 24.9 Å². The molecule has 0 bridgehead atoms. The molecule has 2 fully saturated rings. The van der Waals surface area contributed by atoms with Crippen molar-refractivity contribution in [1.29, 1.82) is 0 Å². The van der Waals surface area contributed by atoms with Crippen LogP contribution in [0.1, 0.15) is 20.3 Å². The summed E-state index contributed by atoms with van der Waals surface area (Å²) in [7, 11) is 1.53. The lowest BCUT2D eigenvalue weighted by atomic mass is 10.1. The summed E-state index contributed by atoms with van der Waals surface area (Å²) < 4.78 is 15.2. The Kier molecular flexibility index (Phi) is 7.61. The van der Waals surface area contributed by atoms with E-state index in [1.165, 1.54) is 7.11 Å². The van der Waals surface area contributed by atoms with Gasteiger partial charge < -0.3 is 29.5 Å². The zero-order chi connectivity index (χ0) is 16.9. The Morgan fingerprint density at radius 1 is 1.27 bits per heavy atom. The van der Waals surface area contributed by atoms with Crippen LogP contribution in [0.3, 0.4) is 0 Å². The predicted molar refractivity (Wildman–Crippen MR) is 78.4 cm³/mol. The van der Waals surface area contributed by atoms with Gasteiger partial charge in [0.25, 0.3) is 0 Å². The van der Waals surface area contributed by atoms with Crippen LogP contribution in [0, 0.1) is 0 Å². The minimum atomic E-state index is -0.815. The average Bonchev–Trinajstić information content (AvgIpc) is 2.94. The number of carbonyl (C=O) groups excluding carboxylic acids is 1. The van der Waals surface area contributed by atoms with Gasteiger partial charge in [0.2, 0.25) is 0 Å². The lowest BCUT2D eigenvalue weighted by Crippen LogP contribution is -2.33. The summed E-state index contributed by atoms with van der Waals surface area (Å²) in [5, 5.41) is 27.9. The fourth-order valence-corrected chi connectivity index (χ4v) is 2.50. The number of aliphatic hydroxyl groups excluding tert-OH is 3. The molecule has 22 heavy (non-hydrogen) atoms. The standard InChI is InChI=1S/C8H12O3.C7H14O4/c1-5(4-9)8-7(10)3-6(2)11-8;1-4-6(8)7(9)5(11-4)3-10-2/h4,6-8,10H,1,3H2,2H3;4-9H,3H2,1-2H3/t6-,7?,8+;4-,5+,6?,7?/m00/s1. The summed E-state index contributed by atoms with van der Waals surface area (Å²) in [6.07, 6.45) is -2.10. The van der Waals surface area contributed by atoms with Crippen molar-refractivity contribution in [1.82, 2.24) is 0 Å². The highest BCUT2D eigenvalue weighted by Gasteiger charge is 2.39. The summed E-state index contributed by atoms with van der Waals surface area (Å²) in [4.78, 5) is 10.3. The quantitative estimate of drug-likeness (QED) is 0.470. The van der Waals surface area contributed by atoms with E-state index in [0.717, 1.165) is 0 Å². The summed E-state index contributed by atoms with van der Waals surface area (Å²) >= 11 is 0. The van der Waals surface area contributed by atoms with Gasteiger partial charge in [0.05, 0.1) is 24.9 Å². The number of aldehydes is 1. The van der Waals surface area contributed by atoms with Gasteiger partial charge in [-0.3, -0.25) is 4.79 Å². The first-order valence-corrected chi connectivity index (χ1v) is 7.29. The third-order valence-corrected chi connectivity index (χ3v) is 3.75. The number of methoxy groups -OCH3 is 1. The molecular formula is C15H26O7. The van der Waals surface area contributed by atoms with Crippen LogP contribution in [-0.4, -0.2) is 78.1 Å². The molecule has 0 aromatic rings. The van der Waals surface area contributed by atoms with Gasteiger partial charge in [0, 0.05) is 19.1 Å². The van der Waals surface area contributed by atoms with Gasteiger partial charge in [0.1, 0.15) is 30.7 Å². The molecule has 0 radical (unpaired) electrons. The molecule has 0 spiro atoms. The molecule has 2 rings (SSSR count). The normalized spacial score (nSPS) is 40.9.